The zero-order chi connectivity index (χ0) is 16.2. The van der Waals surface area contributed by atoms with Crippen LogP contribution in [0.2, 0.25) is 0 Å². The topological polar surface area (TPSA) is 107 Å². The molecule has 3 aromatic rings. The molecular formula is C16H13N3O4. The quantitative estimate of drug-likeness (QED) is 0.720. The van der Waals surface area contributed by atoms with E-state index in [1.807, 2.05) is 18.2 Å². The second-order valence-corrected chi connectivity index (χ2v) is 4.72. The molecular weight excluding hydrogens is 298 g/mol. The first kappa shape index (κ1) is 14.6. The van der Waals surface area contributed by atoms with Crippen LogP contribution in [-0.4, -0.2) is 17.0 Å². The lowest BCUT2D eigenvalue weighted by Crippen LogP contribution is -2.19. The van der Waals surface area contributed by atoms with Crippen LogP contribution in [-0.2, 0) is 11.3 Å². The number of nitrogens with one attached hydrogen (secondary N) is 1. The van der Waals surface area contributed by atoms with Crippen molar-refractivity contribution in [2.24, 2.45) is 5.73 Å². The Morgan fingerprint density at radius 2 is 2.00 bits per heavy atom. The maximum Gasteiger partial charge on any atom is 0.338 e. The second kappa shape index (κ2) is 6.18. The van der Waals surface area contributed by atoms with Crippen molar-refractivity contribution < 1.29 is 18.7 Å². The minimum Gasteiger partial charge on any atom is -0.452 e. The van der Waals surface area contributed by atoms with Gasteiger partial charge in [-0.25, -0.2) is 14.6 Å². The summed E-state index contributed by atoms with van der Waals surface area (Å²) in [7, 11) is 0. The number of amides is 2. The molecule has 7 nitrogen and oxygen atoms in total. The number of anilines is 1. The van der Waals surface area contributed by atoms with Crippen molar-refractivity contribution in [1.29, 1.82) is 0 Å². The number of oxazole rings is 1. The monoisotopic (exact) mass is 311 g/mol. The zero-order valence-electron chi connectivity index (χ0n) is 12.0. The fraction of sp³-hybridized carbons (Fsp3) is 0.0625. The summed E-state index contributed by atoms with van der Waals surface area (Å²) in [6.07, 6.45) is 0. The summed E-state index contributed by atoms with van der Waals surface area (Å²) < 4.78 is 10.6. The molecule has 2 amide bonds. The maximum atomic E-state index is 12.0. The van der Waals surface area contributed by atoms with E-state index in [1.165, 1.54) is 6.07 Å². The van der Waals surface area contributed by atoms with E-state index in [-0.39, 0.29) is 12.2 Å². The highest BCUT2D eigenvalue weighted by atomic mass is 16.5. The number of benzene rings is 2. The third kappa shape index (κ3) is 3.46. The average molecular weight is 311 g/mol. The van der Waals surface area contributed by atoms with Crippen molar-refractivity contribution in [1.82, 2.24) is 4.98 Å². The summed E-state index contributed by atoms with van der Waals surface area (Å²) >= 11 is 0. The van der Waals surface area contributed by atoms with Crippen LogP contribution in [0.5, 0.6) is 0 Å². The number of nitrogens with zero attached hydrogens (tertiary/aromatic N) is 1. The van der Waals surface area contributed by atoms with Gasteiger partial charge in [-0.05, 0) is 30.3 Å². The van der Waals surface area contributed by atoms with Gasteiger partial charge in [0.05, 0.1) is 5.56 Å². The number of urea groups is 1. The molecule has 23 heavy (non-hydrogen) atoms. The Labute approximate surface area is 131 Å². The molecule has 1 heterocycles. The van der Waals surface area contributed by atoms with Crippen LogP contribution in [0.3, 0.4) is 0 Å². The normalized spacial score (nSPS) is 10.4. The van der Waals surface area contributed by atoms with Gasteiger partial charge >= 0.3 is 12.0 Å². The molecule has 3 rings (SSSR count). The molecule has 1 aromatic heterocycles. The Kier molecular flexibility index (Phi) is 3.92. The zero-order valence-corrected chi connectivity index (χ0v) is 12.0. The lowest BCUT2D eigenvalue weighted by atomic mass is 10.2. The number of fused-ring (bicyclic) bond motifs is 1. The largest absolute Gasteiger partial charge is 0.452 e. The number of para-hydroxylation sites is 2. The SMILES string of the molecule is NC(=O)Nc1cccc(C(=O)OCc2nc3ccccc3o2)c1. The number of esters is 1. The molecule has 0 radical (unpaired) electrons. The molecule has 0 fully saturated rings. The van der Waals surface area contributed by atoms with Gasteiger partial charge in [-0.15, -0.1) is 0 Å². The van der Waals surface area contributed by atoms with Crippen LogP contribution in [0, 0.1) is 0 Å². The second-order valence-electron chi connectivity index (χ2n) is 4.72. The molecule has 116 valence electrons. The molecule has 0 aliphatic carbocycles. The molecule has 7 heteroatoms. The van der Waals surface area contributed by atoms with Crippen molar-refractivity contribution in [2.45, 2.75) is 6.61 Å². The van der Waals surface area contributed by atoms with E-state index >= 15 is 0 Å². The van der Waals surface area contributed by atoms with E-state index in [4.69, 9.17) is 14.9 Å². The van der Waals surface area contributed by atoms with Crippen LogP contribution in [0.4, 0.5) is 10.5 Å². The minimum atomic E-state index is -0.706. The van der Waals surface area contributed by atoms with E-state index in [0.29, 0.717) is 22.7 Å². The standard InChI is InChI=1S/C16H13N3O4/c17-16(21)18-11-5-3-4-10(8-11)15(20)22-9-14-19-12-6-1-2-7-13(12)23-14/h1-8H,9H2,(H3,17,18,21). The third-order valence-electron chi connectivity index (χ3n) is 3.03. The lowest BCUT2D eigenvalue weighted by molar-refractivity contribution is 0.0440. The van der Waals surface area contributed by atoms with Crippen LogP contribution < -0.4 is 11.1 Å². The van der Waals surface area contributed by atoms with E-state index in [0.717, 1.165) is 0 Å². The number of carbonyl (C=O) groups is 2. The maximum absolute atomic E-state index is 12.0. The summed E-state index contributed by atoms with van der Waals surface area (Å²) in [5, 5.41) is 2.39. The van der Waals surface area contributed by atoms with Crippen molar-refractivity contribution in [3.63, 3.8) is 0 Å². The van der Waals surface area contributed by atoms with E-state index in [1.54, 1.807) is 24.3 Å². The number of rotatable bonds is 4. The Morgan fingerprint density at radius 1 is 1.17 bits per heavy atom. The molecule has 3 N–H and O–H groups in total. The smallest absolute Gasteiger partial charge is 0.338 e. The van der Waals surface area contributed by atoms with E-state index in [2.05, 4.69) is 10.3 Å². The number of carbonyl (C=O) groups excluding carboxylic acids is 2. The summed E-state index contributed by atoms with van der Waals surface area (Å²) in [6.45, 7) is -0.0824. The van der Waals surface area contributed by atoms with Gasteiger partial charge in [0.25, 0.3) is 0 Å². The van der Waals surface area contributed by atoms with Crippen LogP contribution in [0.15, 0.2) is 52.9 Å². The predicted octanol–water partition coefficient (Wildman–Crippen LogP) is 2.68. The summed E-state index contributed by atoms with van der Waals surface area (Å²) in [5.41, 5.74) is 7.06. The Bertz CT molecular complexity index is 839. The first-order valence-corrected chi connectivity index (χ1v) is 6.80. The fourth-order valence-electron chi connectivity index (χ4n) is 2.06. The molecule has 0 spiro atoms. The number of ether oxygens (including phenoxy) is 1. The first-order valence-electron chi connectivity index (χ1n) is 6.80. The van der Waals surface area contributed by atoms with Crippen LogP contribution in [0.25, 0.3) is 11.1 Å². The first-order chi connectivity index (χ1) is 11.1. The number of aromatic nitrogens is 1. The Hall–Kier alpha value is -3.35. The van der Waals surface area contributed by atoms with Gasteiger partial charge in [0.2, 0.25) is 5.89 Å². The summed E-state index contributed by atoms with van der Waals surface area (Å²) in [5.74, 6) is -0.244. The molecule has 0 aliphatic heterocycles. The Morgan fingerprint density at radius 3 is 2.78 bits per heavy atom. The van der Waals surface area contributed by atoms with Crippen molar-refractivity contribution in [3.8, 4) is 0 Å². The van der Waals surface area contributed by atoms with Gasteiger partial charge in [-0.1, -0.05) is 18.2 Å². The van der Waals surface area contributed by atoms with Gasteiger partial charge < -0.3 is 20.2 Å². The van der Waals surface area contributed by atoms with Crippen molar-refractivity contribution in [3.05, 3.63) is 60.0 Å². The summed E-state index contributed by atoms with van der Waals surface area (Å²) in [6, 6.07) is 12.8. The highest BCUT2D eigenvalue weighted by molar-refractivity contribution is 5.93. The number of nitrogens with two attached hydrogens (primary N) is 1. The summed E-state index contributed by atoms with van der Waals surface area (Å²) in [4.78, 5) is 27.1. The van der Waals surface area contributed by atoms with E-state index < -0.39 is 12.0 Å². The predicted molar refractivity (Wildman–Crippen MR) is 82.8 cm³/mol. The van der Waals surface area contributed by atoms with Crippen LogP contribution >= 0.6 is 0 Å². The number of hydrogen-bond donors (Lipinski definition) is 2. The lowest BCUT2D eigenvalue weighted by Gasteiger charge is -2.05. The van der Waals surface area contributed by atoms with Gasteiger partial charge in [0, 0.05) is 5.69 Å². The average Bonchev–Trinajstić information content (AvgIpc) is 2.95. The van der Waals surface area contributed by atoms with Gasteiger partial charge in [0.15, 0.2) is 12.2 Å². The van der Waals surface area contributed by atoms with Gasteiger partial charge in [0.1, 0.15) is 5.52 Å². The molecule has 0 saturated heterocycles. The van der Waals surface area contributed by atoms with Gasteiger partial charge in [-0.2, -0.15) is 0 Å². The number of hydrogen-bond acceptors (Lipinski definition) is 5. The molecule has 0 bridgehead atoms. The van der Waals surface area contributed by atoms with Gasteiger partial charge in [-0.3, -0.25) is 0 Å². The Balaban J connectivity index is 1.68. The third-order valence-corrected chi connectivity index (χ3v) is 3.03. The fourth-order valence-corrected chi connectivity index (χ4v) is 2.06. The van der Waals surface area contributed by atoms with E-state index in [9.17, 15) is 9.59 Å². The van der Waals surface area contributed by atoms with Crippen molar-refractivity contribution in [2.75, 3.05) is 5.32 Å². The molecule has 2 aromatic carbocycles. The number of primary amides is 1. The molecule has 0 aliphatic rings. The highest BCUT2D eigenvalue weighted by Gasteiger charge is 2.11. The molecule has 0 unspecified atom stereocenters. The molecule has 0 saturated carbocycles. The highest BCUT2D eigenvalue weighted by Crippen LogP contribution is 2.16. The van der Waals surface area contributed by atoms with Crippen molar-refractivity contribution >= 4 is 28.8 Å². The van der Waals surface area contributed by atoms with Crippen LogP contribution in [0.1, 0.15) is 16.2 Å². The molecule has 0 atom stereocenters. The minimum absolute atomic E-state index is 0.0824.